The number of rotatable bonds is 8. The molecule has 3 aromatic rings. The number of hydrogen-bond acceptors (Lipinski definition) is 5. The Bertz CT molecular complexity index is 1110. The molecular weight excluding hydrogens is 389 g/mol. The lowest BCUT2D eigenvalue weighted by Crippen LogP contribution is -2.31. The first kappa shape index (κ1) is 21.4. The van der Waals surface area contributed by atoms with Crippen LogP contribution in [0.4, 0.5) is 4.39 Å². The molecule has 2 aromatic carbocycles. The first-order valence-corrected chi connectivity index (χ1v) is 9.62. The molecule has 0 aliphatic carbocycles. The van der Waals surface area contributed by atoms with Crippen molar-refractivity contribution in [3.8, 4) is 11.5 Å². The maximum absolute atomic E-state index is 13.6. The molecule has 0 saturated heterocycles. The average Bonchev–Trinajstić information content (AvgIpc) is 2.74. The fourth-order valence-electron chi connectivity index (χ4n) is 3.19. The SMILES string of the molecule is COc1ccc2c(C)c(CCC(=O)N(C)CCOc3ccccc3F)c(=O)oc2c1. The van der Waals surface area contributed by atoms with Gasteiger partial charge in [-0.3, -0.25) is 4.79 Å². The molecule has 0 radical (unpaired) electrons. The van der Waals surface area contributed by atoms with Crippen molar-refractivity contribution in [1.82, 2.24) is 4.90 Å². The number of halogens is 1. The van der Waals surface area contributed by atoms with E-state index in [-0.39, 0.29) is 31.1 Å². The molecule has 0 aliphatic heterocycles. The highest BCUT2D eigenvalue weighted by Gasteiger charge is 2.15. The molecular formula is C23H24FNO5. The van der Waals surface area contributed by atoms with Crippen molar-refractivity contribution < 1.29 is 23.1 Å². The highest BCUT2D eigenvalue weighted by Crippen LogP contribution is 2.24. The fourth-order valence-corrected chi connectivity index (χ4v) is 3.19. The van der Waals surface area contributed by atoms with Crippen LogP contribution in [0, 0.1) is 12.7 Å². The Kier molecular flexibility index (Phi) is 6.72. The first-order chi connectivity index (χ1) is 14.4. The summed E-state index contributed by atoms with van der Waals surface area (Å²) in [7, 11) is 3.19. The van der Waals surface area contributed by atoms with Gasteiger partial charge in [-0.05, 0) is 43.2 Å². The van der Waals surface area contributed by atoms with Gasteiger partial charge in [-0.2, -0.15) is 0 Å². The van der Waals surface area contributed by atoms with Crippen molar-refractivity contribution >= 4 is 16.9 Å². The van der Waals surface area contributed by atoms with Crippen LogP contribution in [0.3, 0.4) is 0 Å². The first-order valence-electron chi connectivity index (χ1n) is 9.62. The van der Waals surface area contributed by atoms with Crippen molar-refractivity contribution in [2.45, 2.75) is 19.8 Å². The van der Waals surface area contributed by atoms with Crippen LogP contribution in [0.1, 0.15) is 17.5 Å². The van der Waals surface area contributed by atoms with Crippen molar-refractivity contribution in [3.05, 3.63) is 69.8 Å². The topological polar surface area (TPSA) is 69.0 Å². The lowest BCUT2D eigenvalue weighted by Gasteiger charge is -2.18. The molecule has 30 heavy (non-hydrogen) atoms. The molecule has 1 heterocycles. The summed E-state index contributed by atoms with van der Waals surface area (Å²) in [5.41, 5.74) is 1.28. The highest BCUT2D eigenvalue weighted by molar-refractivity contribution is 5.82. The summed E-state index contributed by atoms with van der Waals surface area (Å²) in [6.45, 7) is 2.32. The van der Waals surface area contributed by atoms with Gasteiger partial charge in [0.2, 0.25) is 5.91 Å². The third-order valence-electron chi connectivity index (χ3n) is 5.03. The van der Waals surface area contributed by atoms with Crippen LogP contribution in [0.15, 0.2) is 51.7 Å². The number of carbonyl (C=O) groups is 1. The van der Waals surface area contributed by atoms with Gasteiger partial charge in [0.15, 0.2) is 11.6 Å². The van der Waals surface area contributed by atoms with E-state index in [0.717, 1.165) is 10.9 Å². The van der Waals surface area contributed by atoms with Gasteiger partial charge in [-0.15, -0.1) is 0 Å². The number of amides is 1. The smallest absolute Gasteiger partial charge is 0.339 e. The number of ether oxygens (including phenoxy) is 2. The lowest BCUT2D eigenvalue weighted by molar-refractivity contribution is -0.130. The second kappa shape index (κ2) is 9.43. The zero-order valence-electron chi connectivity index (χ0n) is 17.2. The third kappa shape index (κ3) is 4.79. The van der Waals surface area contributed by atoms with E-state index in [2.05, 4.69) is 0 Å². The van der Waals surface area contributed by atoms with E-state index in [4.69, 9.17) is 13.9 Å². The molecule has 158 valence electrons. The van der Waals surface area contributed by atoms with Crippen LogP contribution >= 0.6 is 0 Å². The number of methoxy groups -OCH3 is 1. The molecule has 0 atom stereocenters. The van der Waals surface area contributed by atoms with Crippen molar-refractivity contribution in [3.63, 3.8) is 0 Å². The summed E-state index contributed by atoms with van der Waals surface area (Å²) in [6, 6.07) is 11.4. The molecule has 0 saturated carbocycles. The van der Waals surface area contributed by atoms with E-state index in [0.29, 0.717) is 23.4 Å². The largest absolute Gasteiger partial charge is 0.497 e. The molecule has 1 amide bonds. The van der Waals surface area contributed by atoms with Crippen LogP contribution < -0.4 is 15.1 Å². The van der Waals surface area contributed by atoms with Gasteiger partial charge in [0.1, 0.15) is 17.9 Å². The van der Waals surface area contributed by atoms with E-state index in [1.54, 1.807) is 38.4 Å². The Balaban J connectivity index is 1.60. The number of fused-ring (bicyclic) bond motifs is 1. The molecule has 7 heteroatoms. The predicted octanol–water partition coefficient (Wildman–Crippen LogP) is 3.72. The van der Waals surface area contributed by atoms with Gasteiger partial charge >= 0.3 is 5.63 Å². The molecule has 6 nitrogen and oxygen atoms in total. The maximum atomic E-state index is 13.6. The summed E-state index contributed by atoms with van der Waals surface area (Å²) in [6.07, 6.45) is 0.428. The number of aryl methyl sites for hydroxylation is 1. The van der Waals surface area contributed by atoms with Crippen LogP contribution in [-0.4, -0.2) is 38.1 Å². The van der Waals surface area contributed by atoms with Crippen molar-refractivity contribution in [2.75, 3.05) is 27.3 Å². The number of benzene rings is 2. The van der Waals surface area contributed by atoms with E-state index >= 15 is 0 Å². The average molecular weight is 413 g/mol. The molecule has 3 rings (SSSR count). The van der Waals surface area contributed by atoms with Crippen molar-refractivity contribution in [2.24, 2.45) is 0 Å². The third-order valence-corrected chi connectivity index (χ3v) is 5.03. The standard InChI is InChI=1S/C23H24FNO5/c1-15-17-9-8-16(28-3)14-21(17)30-23(27)18(15)10-11-22(26)25(2)12-13-29-20-7-5-4-6-19(20)24/h4-9,14H,10-13H2,1-3H3. The summed E-state index contributed by atoms with van der Waals surface area (Å²) in [5.74, 6) is 0.176. The van der Waals surface area contributed by atoms with Gasteiger partial charge in [0, 0.05) is 30.5 Å². The van der Waals surface area contributed by atoms with Crippen LogP contribution in [0.2, 0.25) is 0 Å². The molecule has 1 aromatic heterocycles. The summed E-state index contributed by atoms with van der Waals surface area (Å²) < 4.78 is 29.5. The van der Waals surface area contributed by atoms with Gasteiger partial charge < -0.3 is 18.8 Å². The number of likely N-dealkylation sites (N-methyl/N-ethyl adjacent to an activating group) is 1. The summed E-state index contributed by atoms with van der Waals surface area (Å²) in [4.78, 5) is 26.4. The molecule has 0 spiro atoms. The molecule has 0 fully saturated rings. The molecule has 0 unspecified atom stereocenters. The zero-order chi connectivity index (χ0) is 21.7. The lowest BCUT2D eigenvalue weighted by atomic mass is 10.0. The zero-order valence-corrected chi connectivity index (χ0v) is 17.2. The monoisotopic (exact) mass is 413 g/mol. The minimum absolute atomic E-state index is 0.138. The molecule has 0 bridgehead atoms. The molecule has 0 N–H and O–H groups in total. The van der Waals surface area contributed by atoms with Crippen LogP contribution in [-0.2, 0) is 11.2 Å². The maximum Gasteiger partial charge on any atom is 0.339 e. The number of carbonyl (C=O) groups excluding carboxylic acids is 1. The molecule has 0 aliphatic rings. The predicted molar refractivity (Wildman–Crippen MR) is 112 cm³/mol. The van der Waals surface area contributed by atoms with Gasteiger partial charge in [0.25, 0.3) is 0 Å². The number of para-hydroxylation sites is 1. The number of hydrogen-bond donors (Lipinski definition) is 0. The van der Waals surface area contributed by atoms with E-state index in [1.807, 2.05) is 13.0 Å². The summed E-state index contributed by atoms with van der Waals surface area (Å²) >= 11 is 0. The summed E-state index contributed by atoms with van der Waals surface area (Å²) in [5, 5.41) is 0.810. The van der Waals surface area contributed by atoms with Crippen LogP contribution in [0.5, 0.6) is 11.5 Å². The Morgan fingerprint density at radius 3 is 2.70 bits per heavy atom. The second-order valence-corrected chi connectivity index (χ2v) is 6.95. The minimum atomic E-state index is -0.452. The second-order valence-electron chi connectivity index (χ2n) is 6.95. The number of nitrogens with zero attached hydrogens (tertiary/aromatic N) is 1. The van der Waals surface area contributed by atoms with E-state index in [1.165, 1.54) is 17.0 Å². The van der Waals surface area contributed by atoms with Gasteiger partial charge in [-0.1, -0.05) is 12.1 Å². The normalized spacial score (nSPS) is 10.8. The quantitative estimate of drug-likeness (QED) is 0.527. The minimum Gasteiger partial charge on any atom is -0.497 e. The Morgan fingerprint density at radius 1 is 1.20 bits per heavy atom. The highest BCUT2D eigenvalue weighted by atomic mass is 19.1. The Labute approximate surface area is 173 Å². The fraction of sp³-hybridized carbons (Fsp3) is 0.304. The Morgan fingerprint density at radius 2 is 1.97 bits per heavy atom. The van der Waals surface area contributed by atoms with Gasteiger partial charge in [-0.25, -0.2) is 9.18 Å². The Hall–Kier alpha value is -3.35. The van der Waals surface area contributed by atoms with Crippen molar-refractivity contribution in [1.29, 1.82) is 0 Å². The van der Waals surface area contributed by atoms with Crippen LogP contribution in [0.25, 0.3) is 11.0 Å². The van der Waals surface area contributed by atoms with E-state index < -0.39 is 11.4 Å². The van der Waals surface area contributed by atoms with E-state index in [9.17, 15) is 14.0 Å². The van der Waals surface area contributed by atoms with Gasteiger partial charge in [0.05, 0.1) is 13.7 Å².